The van der Waals surface area contributed by atoms with Crippen molar-refractivity contribution >= 4 is 11.6 Å². The van der Waals surface area contributed by atoms with Crippen molar-refractivity contribution < 1.29 is 14.3 Å². The zero-order chi connectivity index (χ0) is 15.5. The summed E-state index contributed by atoms with van der Waals surface area (Å²) < 4.78 is 13.5. The Morgan fingerprint density at radius 3 is 2.64 bits per heavy atom. The van der Waals surface area contributed by atoms with Gasteiger partial charge in [-0.2, -0.15) is 5.10 Å². The van der Waals surface area contributed by atoms with E-state index in [2.05, 4.69) is 15.5 Å². The number of aromatic hydroxyl groups is 1. The van der Waals surface area contributed by atoms with Crippen LogP contribution in [-0.4, -0.2) is 21.2 Å². The average Bonchev–Trinajstić information content (AvgIpc) is 3.00. The first-order valence-electron chi connectivity index (χ1n) is 6.55. The first kappa shape index (κ1) is 13.8. The van der Waals surface area contributed by atoms with Crippen LogP contribution in [0.3, 0.4) is 0 Å². The Bertz CT molecular complexity index is 830. The molecule has 3 rings (SSSR count). The lowest BCUT2D eigenvalue weighted by Crippen LogP contribution is -2.13. The fourth-order valence-electron chi connectivity index (χ4n) is 2.02. The van der Waals surface area contributed by atoms with E-state index in [0.717, 1.165) is 0 Å². The van der Waals surface area contributed by atoms with E-state index < -0.39 is 11.7 Å². The molecule has 22 heavy (non-hydrogen) atoms. The molecule has 0 fully saturated rings. The van der Waals surface area contributed by atoms with Gasteiger partial charge in [-0.25, -0.2) is 4.39 Å². The first-order valence-corrected chi connectivity index (χ1v) is 6.55. The molecule has 0 saturated carbocycles. The second-order valence-corrected chi connectivity index (χ2v) is 4.62. The van der Waals surface area contributed by atoms with E-state index in [1.807, 2.05) is 0 Å². The summed E-state index contributed by atoms with van der Waals surface area (Å²) in [6, 6.07) is 14.0. The quantitative estimate of drug-likeness (QED) is 0.695. The Kier molecular flexibility index (Phi) is 3.57. The van der Waals surface area contributed by atoms with Crippen molar-refractivity contribution in [1.82, 2.24) is 10.2 Å². The number of carbonyl (C=O) groups excluding carboxylic acids is 1. The van der Waals surface area contributed by atoms with Gasteiger partial charge in [0.1, 0.15) is 17.3 Å². The molecule has 0 aliphatic rings. The van der Waals surface area contributed by atoms with Gasteiger partial charge >= 0.3 is 0 Å². The molecule has 0 atom stereocenters. The smallest absolute Gasteiger partial charge is 0.273 e. The number of para-hydroxylation sites is 2. The van der Waals surface area contributed by atoms with Gasteiger partial charge in [0.25, 0.3) is 5.91 Å². The number of benzene rings is 2. The van der Waals surface area contributed by atoms with Crippen molar-refractivity contribution in [1.29, 1.82) is 0 Å². The molecule has 1 aromatic heterocycles. The molecule has 1 amide bonds. The number of aromatic nitrogens is 2. The summed E-state index contributed by atoms with van der Waals surface area (Å²) >= 11 is 0. The molecule has 5 nitrogen and oxygen atoms in total. The summed E-state index contributed by atoms with van der Waals surface area (Å²) in [5.74, 6) is -0.967. The number of H-pyrrole nitrogens is 1. The molecule has 6 heteroatoms. The van der Waals surface area contributed by atoms with Crippen LogP contribution >= 0.6 is 0 Å². The van der Waals surface area contributed by atoms with Gasteiger partial charge < -0.3 is 10.4 Å². The molecular weight excluding hydrogens is 285 g/mol. The predicted octanol–water partition coefficient (Wildman–Crippen LogP) is 3.17. The Morgan fingerprint density at radius 1 is 1.14 bits per heavy atom. The maximum Gasteiger partial charge on any atom is 0.273 e. The third kappa shape index (κ3) is 2.67. The van der Waals surface area contributed by atoms with Crippen LogP contribution in [0.25, 0.3) is 11.3 Å². The third-order valence-corrected chi connectivity index (χ3v) is 3.12. The van der Waals surface area contributed by atoms with Gasteiger partial charge in [-0.3, -0.25) is 9.89 Å². The number of rotatable bonds is 3. The number of nitrogens with zero attached hydrogens (tertiary/aromatic N) is 1. The molecule has 0 unspecified atom stereocenters. The highest BCUT2D eigenvalue weighted by Gasteiger charge is 2.14. The van der Waals surface area contributed by atoms with Gasteiger partial charge in [0.2, 0.25) is 0 Å². The van der Waals surface area contributed by atoms with Crippen LogP contribution in [0.1, 0.15) is 10.5 Å². The highest BCUT2D eigenvalue weighted by atomic mass is 19.1. The lowest BCUT2D eigenvalue weighted by Gasteiger charge is -2.03. The van der Waals surface area contributed by atoms with E-state index >= 15 is 0 Å². The van der Waals surface area contributed by atoms with Gasteiger partial charge in [0.15, 0.2) is 0 Å². The van der Waals surface area contributed by atoms with E-state index in [1.165, 1.54) is 30.3 Å². The zero-order valence-corrected chi connectivity index (χ0v) is 11.4. The minimum Gasteiger partial charge on any atom is -0.507 e. The van der Waals surface area contributed by atoms with E-state index in [-0.39, 0.29) is 17.1 Å². The molecule has 0 radical (unpaired) electrons. The number of nitrogens with one attached hydrogen (secondary N) is 2. The van der Waals surface area contributed by atoms with Crippen LogP contribution in [0.4, 0.5) is 10.1 Å². The van der Waals surface area contributed by atoms with Crippen molar-refractivity contribution in [3.05, 3.63) is 66.1 Å². The monoisotopic (exact) mass is 297 g/mol. The number of halogens is 1. The number of carbonyl (C=O) groups is 1. The van der Waals surface area contributed by atoms with Crippen molar-refractivity contribution in [2.45, 2.75) is 0 Å². The predicted molar refractivity (Wildman–Crippen MR) is 80.0 cm³/mol. The lowest BCUT2D eigenvalue weighted by molar-refractivity contribution is 0.102. The molecule has 0 bridgehead atoms. The largest absolute Gasteiger partial charge is 0.507 e. The first-order chi connectivity index (χ1) is 10.6. The van der Waals surface area contributed by atoms with Crippen LogP contribution < -0.4 is 5.32 Å². The van der Waals surface area contributed by atoms with Crippen LogP contribution in [-0.2, 0) is 0 Å². The van der Waals surface area contributed by atoms with Gasteiger partial charge in [-0.05, 0) is 30.3 Å². The number of anilines is 1. The Hall–Kier alpha value is -3.15. The second-order valence-electron chi connectivity index (χ2n) is 4.62. The van der Waals surface area contributed by atoms with E-state index in [4.69, 9.17) is 0 Å². The lowest BCUT2D eigenvalue weighted by atomic mass is 10.1. The summed E-state index contributed by atoms with van der Waals surface area (Å²) in [4.78, 5) is 12.1. The van der Waals surface area contributed by atoms with Crippen molar-refractivity contribution in [2.75, 3.05) is 5.32 Å². The van der Waals surface area contributed by atoms with Crippen LogP contribution in [0.5, 0.6) is 5.75 Å². The van der Waals surface area contributed by atoms with Gasteiger partial charge in [-0.1, -0.05) is 24.3 Å². The number of phenols is 1. The number of phenolic OH excluding ortho intramolecular Hbond substituents is 1. The minimum atomic E-state index is -0.517. The summed E-state index contributed by atoms with van der Waals surface area (Å²) in [7, 11) is 0. The highest BCUT2D eigenvalue weighted by molar-refractivity contribution is 6.03. The summed E-state index contributed by atoms with van der Waals surface area (Å²) in [5.41, 5.74) is 1.19. The molecular formula is C16H12FN3O2. The maximum atomic E-state index is 13.5. The summed E-state index contributed by atoms with van der Waals surface area (Å²) in [6.07, 6.45) is 0. The molecule has 3 aromatic rings. The molecule has 110 valence electrons. The van der Waals surface area contributed by atoms with Crippen LogP contribution in [0, 0.1) is 5.82 Å². The number of hydrogen-bond acceptors (Lipinski definition) is 3. The topological polar surface area (TPSA) is 78.0 Å². The fraction of sp³-hybridized carbons (Fsp3) is 0. The van der Waals surface area contributed by atoms with Crippen molar-refractivity contribution in [2.24, 2.45) is 0 Å². The number of hydrogen-bond donors (Lipinski definition) is 3. The Balaban J connectivity index is 1.84. The molecule has 0 spiro atoms. The minimum absolute atomic E-state index is 0.0649. The van der Waals surface area contributed by atoms with Crippen molar-refractivity contribution in [3.8, 4) is 17.0 Å². The fourth-order valence-corrected chi connectivity index (χ4v) is 2.02. The molecule has 2 aromatic carbocycles. The number of aromatic amines is 1. The summed E-state index contributed by atoms with van der Waals surface area (Å²) in [6.45, 7) is 0. The Labute approximate surface area is 125 Å². The third-order valence-electron chi connectivity index (χ3n) is 3.12. The molecule has 0 saturated heterocycles. The van der Waals surface area contributed by atoms with E-state index in [9.17, 15) is 14.3 Å². The molecule has 0 aliphatic heterocycles. The normalized spacial score (nSPS) is 10.4. The molecule has 0 aliphatic carbocycles. The van der Waals surface area contributed by atoms with Gasteiger partial charge in [0, 0.05) is 5.56 Å². The standard InChI is InChI=1S/C16H12FN3O2/c17-11-6-2-3-7-12(11)18-16(22)14-9-13(19-20-14)10-5-1-4-8-15(10)21/h1-9,21H,(H,18,22)(H,19,20). The van der Waals surface area contributed by atoms with E-state index in [0.29, 0.717) is 11.3 Å². The van der Waals surface area contributed by atoms with Crippen molar-refractivity contribution in [3.63, 3.8) is 0 Å². The molecule has 3 N–H and O–H groups in total. The van der Waals surface area contributed by atoms with Gasteiger partial charge in [-0.15, -0.1) is 0 Å². The van der Waals surface area contributed by atoms with Gasteiger partial charge in [0.05, 0.1) is 11.4 Å². The Morgan fingerprint density at radius 2 is 1.86 bits per heavy atom. The average molecular weight is 297 g/mol. The highest BCUT2D eigenvalue weighted by Crippen LogP contribution is 2.27. The summed E-state index contributed by atoms with van der Waals surface area (Å²) in [5, 5.41) is 18.8. The SMILES string of the molecule is O=C(Nc1ccccc1F)c1cc(-c2ccccc2O)n[nH]1. The van der Waals surface area contributed by atoms with E-state index in [1.54, 1.807) is 24.3 Å². The number of amides is 1. The molecule has 1 heterocycles. The van der Waals surface area contributed by atoms with Crippen LogP contribution in [0.2, 0.25) is 0 Å². The second kappa shape index (κ2) is 5.69. The maximum absolute atomic E-state index is 13.5. The van der Waals surface area contributed by atoms with Crippen LogP contribution in [0.15, 0.2) is 54.6 Å². The zero-order valence-electron chi connectivity index (χ0n) is 11.4.